The molecular formula is C21H19N5OS. The van der Waals surface area contributed by atoms with Gasteiger partial charge in [0.2, 0.25) is 5.91 Å². The maximum absolute atomic E-state index is 12.6. The third-order valence-electron chi connectivity index (χ3n) is 4.40. The van der Waals surface area contributed by atoms with Crippen molar-refractivity contribution < 1.29 is 4.79 Å². The topological polar surface area (TPSA) is 72.7 Å². The number of carbonyl (C=O) groups is 1. The first-order valence-electron chi connectivity index (χ1n) is 8.87. The van der Waals surface area contributed by atoms with Crippen LogP contribution in [0.3, 0.4) is 0 Å². The predicted molar refractivity (Wildman–Crippen MR) is 112 cm³/mol. The molecule has 4 rings (SSSR count). The van der Waals surface area contributed by atoms with E-state index in [1.807, 2.05) is 73.1 Å². The van der Waals surface area contributed by atoms with Gasteiger partial charge in [-0.3, -0.25) is 4.79 Å². The summed E-state index contributed by atoms with van der Waals surface area (Å²) in [5.41, 5.74) is 4.27. The van der Waals surface area contributed by atoms with E-state index in [1.165, 1.54) is 18.1 Å². The Morgan fingerprint density at radius 3 is 2.61 bits per heavy atom. The van der Waals surface area contributed by atoms with Crippen LogP contribution in [0, 0.1) is 13.8 Å². The number of fused-ring (bicyclic) bond motifs is 1. The smallest absolute Gasteiger partial charge is 0.234 e. The minimum atomic E-state index is -0.0912. The molecule has 2 aromatic heterocycles. The van der Waals surface area contributed by atoms with Crippen LogP contribution in [0.5, 0.6) is 0 Å². The summed E-state index contributed by atoms with van der Waals surface area (Å²) < 4.78 is 1.84. The van der Waals surface area contributed by atoms with Gasteiger partial charge in [0.25, 0.3) is 0 Å². The van der Waals surface area contributed by atoms with Crippen molar-refractivity contribution in [1.29, 1.82) is 0 Å². The molecule has 0 bridgehead atoms. The first kappa shape index (κ1) is 18.2. The first-order valence-corrected chi connectivity index (χ1v) is 9.86. The van der Waals surface area contributed by atoms with E-state index in [0.29, 0.717) is 0 Å². The van der Waals surface area contributed by atoms with Gasteiger partial charge in [0.1, 0.15) is 11.4 Å². The fraction of sp³-hybridized carbons (Fsp3) is 0.143. The highest BCUT2D eigenvalue weighted by Crippen LogP contribution is 2.26. The van der Waals surface area contributed by atoms with E-state index < -0.39 is 0 Å². The van der Waals surface area contributed by atoms with Gasteiger partial charge in [0, 0.05) is 5.39 Å². The molecule has 2 aromatic carbocycles. The Kier molecular flexibility index (Phi) is 5.08. The number of aryl methyl sites for hydroxylation is 1. The summed E-state index contributed by atoms with van der Waals surface area (Å²) in [6.07, 6.45) is 1.53. The van der Waals surface area contributed by atoms with Crippen molar-refractivity contribution >= 4 is 34.3 Å². The quantitative estimate of drug-likeness (QED) is 0.410. The Bertz CT molecular complexity index is 1130. The van der Waals surface area contributed by atoms with Crippen LogP contribution in [0.1, 0.15) is 11.4 Å². The second-order valence-corrected chi connectivity index (χ2v) is 7.29. The molecule has 0 aliphatic heterocycles. The molecule has 0 atom stereocenters. The van der Waals surface area contributed by atoms with E-state index in [4.69, 9.17) is 0 Å². The van der Waals surface area contributed by atoms with Gasteiger partial charge in [-0.2, -0.15) is 5.10 Å². The van der Waals surface area contributed by atoms with E-state index in [1.54, 1.807) is 0 Å². The van der Waals surface area contributed by atoms with E-state index in [-0.39, 0.29) is 11.7 Å². The van der Waals surface area contributed by atoms with E-state index in [2.05, 4.69) is 20.4 Å². The van der Waals surface area contributed by atoms with E-state index in [9.17, 15) is 4.79 Å². The minimum absolute atomic E-state index is 0.0912. The standard InChI is InChI=1S/C21H19N5OS/c1-14-20(15(2)26(25-14)16-8-4-3-5-9-16)24-19(27)12-28-21-17-10-6-7-11-18(17)22-13-23-21/h3-11,13H,12H2,1-2H3,(H,24,27). The largest absolute Gasteiger partial charge is 0.322 e. The number of benzene rings is 2. The first-order chi connectivity index (χ1) is 13.6. The summed E-state index contributed by atoms with van der Waals surface area (Å²) in [7, 11) is 0. The molecule has 2 heterocycles. The van der Waals surface area contributed by atoms with Gasteiger partial charge >= 0.3 is 0 Å². The molecule has 4 aromatic rings. The van der Waals surface area contributed by atoms with Crippen LogP contribution >= 0.6 is 11.8 Å². The van der Waals surface area contributed by atoms with Gasteiger partial charge in [-0.1, -0.05) is 48.2 Å². The van der Waals surface area contributed by atoms with Crippen molar-refractivity contribution in [3.8, 4) is 5.69 Å². The lowest BCUT2D eigenvalue weighted by atomic mass is 10.2. The fourth-order valence-corrected chi connectivity index (χ4v) is 3.84. The van der Waals surface area contributed by atoms with Gasteiger partial charge in [-0.15, -0.1) is 0 Å². The van der Waals surface area contributed by atoms with Crippen molar-refractivity contribution in [3.05, 3.63) is 72.3 Å². The summed E-state index contributed by atoms with van der Waals surface area (Å²) >= 11 is 1.40. The maximum atomic E-state index is 12.6. The highest BCUT2D eigenvalue weighted by molar-refractivity contribution is 8.00. The number of thioether (sulfide) groups is 1. The summed E-state index contributed by atoms with van der Waals surface area (Å²) in [4.78, 5) is 21.1. The molecule has 1 amide bonds. The van der Waals surface area contributed by atoms with Crippen molar-refractivity contribution in [2.45, 2.75) is 18.9 Å². The predicted octanol–water partition coefficient (Wildman–Crippen LogP) is 4.16. The molecule has 0 aliphatic rings. The van der Waals surface area contributed by atoms with Gasteiger partial charge in [0.05, 0.1) is 34.0 Å². The third kappa shape index (κ3) is 3.61. The van der Waals surface area contributed by atoms with Gasteiger partial charge in [-0.25, -0.2) is 14.6 Å². The summed E-state index contributed by atoms with van der Waals surface area (Å²) in [6.45, 7) is 3.85. The Morgan fingerprint density at radius 2 is 1.79 bits per heavy atom. The second kappa shape index (κ2) is 7.82. The van der Waals surface area contributed by atoms with Crippen molar-refractivity contribution in [1.82, 2.24) is 19.7 Å². The van der Waals surface area contributed by atoms with Crippen molar-refractivity contribution in [2.24, 2.45) is 0 Å². The molecule has 0 spiro atoms. The molecule has 0 fully saturated rings. The molecule has 1 N–H and O–H groups in total. The maximum Gasteiger partial charge on any atom is 0.234 e. The van der Waals surface area contributed by atoms with Crippen molar-refractivity contribution in [3.63, 3.8) is 0 Å². The van der Waals surface area contributed by atoms with Crippen LogP contribution in [-0.2, 0) is 4.79 Å². The zero-order chi connectivity index (χ0) is 19.5. The molecule has 140 valence electrons. The number of aromatic nitrogens is 4. The lowest BCUT2D eigenvalue weighted by Gasteiger charge is -2.08. The molecule has 6 nitrogen and oxygen atoms in total. The number of para-hydroxylation sites is 2. The van der Waals surface area contributed by atoms with E-state index in [0.717, 1.165) is 38.7 Å². The van der Waals surface area contributed by atoms with Crippen LogP contribution in [0.4, 0.5) is 5.69 Å². The zero-order valence-electron chi connectivity index (χ0n) is 15.6. The number of hydrogen-bond donors (Lipinski definition) is 1. The molecule has 0 saturated carbocycles. The summed E-state index contributed by atoms with van der Waals surface area (Å²) in [5, 5.41) is 9.32. The van der Waals surface area contributed by atoms with E-state index >= 15 is 0 Å². The van der Waals surface area contributed by atoms with Crippen LogP contribution in [0.25, 0.3) is 16.6 Å². The summed E-state index contributed by atoms with van der Waals surface area (Å²) in [5.74, 6) is 0.169. The molecule has 28 heavy (non-hydrogen) atoms. The number of carbonyl (C=O) groups excluding carboxylic acids is 1. The molecule has 0 radical (unpaired) electrons. The van der Waals surface area contributed by atoms with Gasteiger partial charge in [0.15, 0.2) is 0 Å². The number of amides is 1. The molecule has 0 saturated heterocycles. The Hall–Kier alpha value is -3.19. The number of anilines is 1. The third-order valence-corrected chi connectivity index (χ3v) is 5.41. The number of nitrogens with one attached hydrogen (secondary N) is 1. The average molecular weight is 389 g/mol. The zero-order valence-corrected chi connectivity index (χ0v) is 16.4. The second-order valence-electron chi connectivity index (χ2n) is 6.33. The Morgan fingerprint density at radius 1 is 1.04 bits per heavy atom. The summed E-state index contributed by atoms with van der Waals surface area (Å²) in [6, 6.07) is 17.7. The molecular weight excluding hydrogens is 370 g/mol. The average Bonchev–Trinajstić information content (AvgIpc) is 3.01. The minimum Gasteiger partial charge on any atom is -0.322 e. The van der Waals surface area contributed by atoms with Crippen LogP contribution in [0.15, 0.2) is 66.0 Å². The number of hydrogen-bond acceptors (Lipinski definition) is 5. The number of nitrogens with zero attached hydrogens (tertiary/aromatic N) is 4. The molecule has 0 aliphatic carbocycles. The van der Waals surface area contributed by atoms with Gasteiger partial charge < -0.3 is 5.32 Å². The lowest BCUT2D eigenvalue weighted by molar-refractivity contribution is -0.113. The Labute approximate surface area is 167 Å². The SMILES string of the molecule is Cc1nn(-c2ccccc2)c(C)c1NC(=O)CSc1ncnc2ccccc12. The normalized spacial score (nSPS) is 10.9. The highest BCUT2D eigenvalue weighted by Gasteiger charge is 2.16. The highest BCUT2D eigenvalue weighted by atomic mass is 32.2. The van der Waals surface area contributed by atoms with Crippen LogP contribution in [0.2, 0.25) is 0 Å². The van der Waals surface area contributed by atoms with Gasteiger partial charge in [-0.05, 0) is 32.0 Å². The van der Waals surface area contributed by atoms with Crippen LogP contribution in [-0.4, -0.2) is 31.4 Å². The Balaban J connectivity index is 1.49. The van der Waals surface area contributed by atoms with Crippen LogP contribution < -0.4 is 5.32 Å². The monoisotopic (exact) mass is 389 g/mol. The lowest BCUT2D eigenvalue weighted by Crippen LogP contribution is -2.15. The molecule has 7 heteroatoms. The molecule has 0 unspecified atom stereocenters. The fourth-order valence-electron chi connectivity index (χ4n) is 3.05. The number of rotatable bonds is 5. The van der Waals surface area contributed by atoms with Crippen molar-refractivity contribution in [2.75, 3.05) is 11.1 Å².